The van der Waals surface area contributed by atoms with Crippen LogP contribution < -0.4 is 0 Å². The van der Waals surface area contributed by atoms with Crippen LogP contribution in [0.5, 0.6) is 0 Å². The molecule has 0 fully saturated rings. The molecule has 0 bridgehead atoms. The van der Waals surface area contributed by atoms with Gasteiger partial charge in [0.15, 0.2) is 0 Å². The number of aliphatic hydroxyl groups excluding tert-OH is 1. The molecule has 2 aromatic carbocycles. The average Bonchev–Trinajstić information content (AvgIpc) is 2.89. The molecule has 1 aliphatic heterocycles. The van der Waals surface area contributed by atoms with Crippen LogP contribution in [0.3, 0.4) is 0 Å². The summed E-state index contributed by atoms with van der Waals surface area (Å²) in [5, 5.41) is 19.0. The molecule has 0 radical (unpaired) electrons. The van der Waals surface area contributed by atoms with E-state index in [1.807, 2.05) is 6.07 Å². The van der Waals surface area contributed by atoms with Crippen molar-refractivity contribution in [2.75, 3.05) is 0 Å². The fourth-order valence-electron chi connectivity index (χ4n) is 3.69. The van der Waals surface area contributed by atoms with E-state index < -0.39 is 0 Å². The quantitative estimate of drug-likeness (QED) is 0.589. The van der Waals surface area contributed by atoms with Gasteiger partial charge in [0.1, 0.15) is 5.76 Å². The van der Waals surface area contributed by atoms with Crippen molar-refractivity contribution in [2.45, 2.75) is 38.6 Å². The van der Waals surface area contributed by atoms with E-state index in [1.54, 1.807) is 0 Å². The van der Waals surface area contributed by atoms with Gasteiger partial charge < -0.3 is 5.11 Å². The van der Waals surface area contributed by atoms with Gasteiger partial charge in [-0.25, -0.2) is 0 Å². The molecule has 1 N–H and O–H groups in total. The second kappa shape index (κ2) is 7.36. The van der Waals surface area contributed by atoms with E-state index in [4.69, 9.17) is 0 Å². The normalized spacial score (nSPS) is 18.6. The third-order valence-corrected chi connectivity index (χ3v) is 5.26. The summed E-state index contributed by atoms with van der Waals surface area (Å²) in [6.07, 6.45) is 10.7. The third kappa shape index (κ3) is 3.63. The molecule has 0 saturated carbocycles. The SMILES string of the molecule is C=C(O)c1cc(-c2ccc(C3=CCCC=C3)cc2)cc2c1CCC(C)N=N2. The van der Waals surface area contributed by atoms with Crippen molar-refractivity contribution in [1.82, 2.24) is 0 Å². The molecule has 4 rings (SSSR count). The Morgan fingerprint density at radius 3 is 2.56 bits per heavy atom. The zero-order valence-electron chi connectivity index (χ0n) is 15.7. The molecule has 0 aromatic heterocycles. The van der Waals surface area contributed by atoms with Crippen molar-refractivity contribution >= 4 is 17.0 Å². The molecule has 1 unspecified atom stereocenters. The molecule has 0 spiro atoms. The number of azo groups is 1. The van der Waals surface area contributed by atoms with Gasteiger partial charge in [0.2, 0.25) is 0 Å². The van der Waals surface area contributed by atoms with Gasteiger partial charge >= 0.3 is 0 Å². The first-order valence-corrected chi connectivity index (χ1v) is 9.55. The first kappa shape index (κ1) is 17.5. The number of allylic oxidation sites excluding steroid dienone is 4. The lowest BCUT2D eigenvalue weighted by Gasteiger charge is -2.13. The molecule has 0 amide bonds. The van der Waals surface area contributed by atoms with Crippen LogP contribution in [-0.2, 0) is 6.42 Å². The number of benzene rings is 2. The van der Waals surface area contributed by atoms with Crippen molar-refractivity contribution in [3.8, 4) is 11.1 Å². The van der Waals surface area contributed by atoms with Crippen LogP contribution in [0.25, 0.3) is 22.5 Å². The van der Waals surface area contributed by atoms with Crippen LogP contribution >= 0.6 is 0 Å². The third-order valence-electron chi connectivity index (χ3n) is 5.26. The van der Waals surface area contributed by atoms with E-state index in [9.17, 15) is 5.11 Å². The highest BCUT2D eigenvalue weighted by Gasteiger charge is 2.17. The van der Waals surface area contributed by atoms with Crippen molar-refractivity contribution in [3.05, 3.63) is 77.9 Å². The molecule has 2 aromatic rings. The summed E-state index contributed by atoms with van der Waals surface area (Å²) in [7, 11) is 0. The summed E-state index contributed by atoms with van der Waals surface area (Å²) in [6, 6.07) is 12.8. The van der Waals surface area contributed by atoms with Crippen molar-refractivity contribution in [1.29, 1.82) is 0 Å². The van der Waals surface area contributed by atoms with Crippen molar-refractivity contribution in [3.63, 3.8) is 0 Å². The number of hydrogen-bond acceptors (Lipinski definition) is 3. The zero-order valence-corrected chi connectivity index (χ0v) is 15.7. The predicted molar refractivity (Wildman–Crippen MR) is 112 cm³/mol. The van der Waals surface area contributed by atoms with Crippen LogP contribution in [0.4, 0.5) is 5.69 Å². The average molecular weight is 356 g/mol. The van der Waals surface area contributed by atoms with Crippen LogP contribution in [0.15, 0.2) is 71.4 Å². The number of nitrogens with zero attached hydrogens (tertiary/aromatic N) is 2. The molecule has 3 heteroatoms. The van der Waals surface area contributed by atoms with Crippen LogP contribution in [0.2, 0.25) is 0 Å². The Bertz CT molecular complexity index is 965. The first-order chi connectivity index (χ1) is 13.1. The lowest BCUT2D eigenvalue weighted by Crippen LogP contribution is -1.99. The lowest BCUT2D eigenvalue weighted by molar-refractivity contribution is 0.512. The van der Waals surface area contributed by atoms with Crippen molar-refractivity contribution < 1.29 is 5.11 Å². The molecule has 2 aliphatic rings. The summed E-state index contributed by atoms with van der Waals surface area (Å²) in [4.78, 5) is 0. The van der Waals surface area contributed by atoms with Gasteiger partial charge in [-0.05, 0) is 72.6 Å². The highest BCUT2D eigenvalue weighted by molar-refractivity contribution is 5.79. The second-order valence-corrected chi connectivity index (χ2v) is 7.29. The number of aliphatic hydroxyl groups is 1. The predicted octanol–water partition coefficient (Wildman–Crippen LogP) is 7.03. The first-order valence-electron chi connectivity index (χ1n) is 9.55. The minimum absolute atomic E-state index is 0.0898. The van der Waals surface area contributed by atoms with E-state index in [1.165, 1.54) is 11.1 Å². The lowest BCUT2D eigenvalue weighted by atomic mass is 9.92. The number of fused-ring (bicyclic) bond motifs is 1. The number of rotatable bonds is 3. The maximum Gasteiger partial charge on any atom is 0.116 e. The fourth-order valence-corrected chi connectivity index (χ4v) is 3.69. The Hall–Kier alpha value is -2.94. The Balaban J connectivity index is 1.74. The molecule has 1 heterocycles. The van der Waals surface area contributed by atoms with Crippen molar-refractivity contribution in [2.24, 2.45) is 10.2 Å². The standard InChI is InChI=1S/C24H24N2O/c1-16-8-13-22-23(17(2)27)14-21(15-24(22)26-25-16)20-11-9-19(10-12-20)18-6-4-3-5-7-18/h4,6-7,9-12,14-16,27H,2-3,5,8,13H2,1H3. The Kier molecular flexibility index (Phi) is 4.76. The monoisotopic (exact) mass is 356 g/mol. The highest BCUT2D eigenvalue weighted by Crippen LogP contribution is 2.36. The summed E-state index contributed by atoms with van der Waals surface area (Å²) >= 11 is 0. The second-order valence-electron chi connectivity index (χ2n) is 7.29. The fraction of sp³-hybridized carbons (Fsp3) is 0.250. The molecule has 27 heavy (non-hydrogen) atoms. The molecule has 136 valence electrons. The van der Waals surface area contributed by atoms with Gasteiger partial charge in [-0.1, -0.05) is 49.1 Å². The van der Waals surface area contributed by atoms with E-state index in [-0.39, 0.29) is 11.8 Å². The summed E-state index contributed by atoms with van der Waals surface area (Å²) in [5.41, 5.74) is 7.27. The smallest absolute Gasteiger partial charge is 0.116 e. The Morgan fingerprint density at radius 2 is 1.85 bits per heavy atom. The number of hydrogen-bond donors (Lipinski definition) is 1. The van der Waals surface area contributed by atoms with E-state index in [2.05, 4.69) is 72.3 Å². The van der Waals surface area contributed by atoms with Crippen LogP contribution in [0, 0.1) is 0 Å². The Labute approximate surface area is 160 Å². The van der Waals surface area contributed by atoms with Crippen LogP contribution in [-0.4, -0.2) is 11.1 Å². The van der Waals surface area contributed by atoms with Gasteiger partial charge in [-0.3, -0.25) is 0 Å². The van der Waals surface area contributed by atoms with Gasteiger partial charge in [0, 0.05) is 5.56 Å². The maximum atomic E-state index is 10.1. The van der Waals surface area contributed by atoms with E-state index >= 15 is 0 Å². The van der Waals surface area contributed by atoms with Gasteiger partial charge in [0.05, 0.1) is 11.7 Å². The molecular weight excluding hydrogens is 332 g/mol. The molecule has 3 nitrogen and oxygen atoms in total. The summed E-state index contributed by atoms with van der Waals surface area (Å²) < 4.78 is 0. The van der Waals surface area contributed by atoms with Gasteiger partial charge in [-0.15, -0.1) is 0 Å². The molecule has 1 atom stereocenters. The maximum absolute atomic E-state index is 10.1. The summed E-state index contributed by atoms with van der Waals surface area (Å²) in [5.74, 6) is 0.0898. The largest absolute Gasteiger partial charge is 0.508 e. The highest BCUT2D eigenvalue weighted by atomic mass is 16.3. The van der Waals surface area contributed by atoms with E-state index in [0.717, 1.165) is 53.6 Å². The summed E-state index contributed by atoms with van der Waals surface area (Å²) in [6.45, 7) is 5.83. The minimum Gasteiger partial charge on any atom is -0.508 e. The van der Waals surface area contributed by atoms with E-state index in [0.29, 0.717) is 0 Å². The minimum atomic E-state index is 0.0898. The topological polar surface area (TPSA) is 45.0 Å². The zero-order chi connectivity index (χ0) is 18.8. The molecule has 0 saturated heterocycles. The Morgan fingerprint density at radius 1 is 1.07 bits per heavy atom. The van der Waals surface area contributed by atoms with Crippen LogP contribution in [0.1, 0.15) is 42.9 Å². The molecule has 1 aliphatic carbocycles. The van der Waals surface area contributed by atoms with Gasteiger partial charge in [0.25, 0.3) is 0 Å². The van der Waals surface area contributed by atoms with Gasteiger partial charge in [-0.2, -0.15) is 10.2 Å². The molecular formula is C24H24N2O.